The first-order chi connectivity index (χ1) is 16.3. The van der Waals surface area contributed by atoms with E-state index in [4.69, 9.17) is 0 Å². The first-order valence-electron chi connectivity index (χ1n) is 11.9. The lowest BCUT2D eigenvalue weighted by Gasteiger charge is -2.42. The van der Waals surface area contributed by atoms with Crippen molar-refractivity contribution in [1.29, 1.82) is 0 Å². The maximum absolute atomic E-state index is 13.5. The summed E-state index contributed by atoms with van der Waals surface area (Å²) in [5.41, 5.74) is 5.48. The fraction of sp³-hybridized carbons (Fsp3) is 0.296. The van der Waals surface area contributed by atoms with E-state index in [0.717, 1.165) is 51.3 Å². The molecule has 0 spiro atoms. The van der Waals surface area contributed by atoms with Crippen molar-refractivity contribution >= 4 is 28.2 Å². The summed E-state index contributed by atoms with van der Waals surface area (Å²) in [5.74, 6) is 0.0647. The van der Waals surface area contributed by atoms with Gasteiger partial charge < -0.3 is 19.8 Å². The Morgan fingerprint density at radius 2 is 1.70 bits per heavy atom. The summed E-state index contributed by atoms with van der Waals surface area (Å²) >= 11 is 0. The lowest BCUT2D eigenvalue weighted by atomic mass is 9.94. The highest BCUT2D eigenvalue weighted by atomic mass is 16.2. The van der Waals surface area contributed by atoms with Crippen LogP contribution in [0.25, 0.3) is 10.9 Å². The number of hydrogen-bond donors (Lipinski definition) is 2. The van der Waals surface area contributed by atoms with Crippen molar-refractivity contribution in [1.82, 2.24) is 14.9 Å². The summed E-state index contributed by atoms with van der Waals surface area (Å²) in [6, 6.07) is 20.9. The summed E-state index contributed by atoms with van der Waals surface area (Å²) in [6.07, 6.45) is 5.85. The second kappa shape index (κ2) is 8.45. The Bertz CT molecular complexity index is 1250. The molecule has 0 radical (unpaired) electrons. The molecule has 2 aromatic carbocycles. The Balaban J connectivity index is 1.19. The summed E-state index contributed by atoms with van der Waals surface area (Å²) in [7, 11) is 0. The van der Waals surface area contributed by atoms with Gasteiger partial charge in [-0.2, -0.15) is 0 Å². The van der Waals surface area contributed by atoms with Crippen LogP contribution >= 0.6 is 0 Å². The van der Waals surface area contributed by atoms with Crippen LogP contribution in [0.4, 0.5) is 11.4 Å². The van der Waals surface area contributed by atoms with Crippen LogP contribution in [0, 0.1) is 0 Å². The van der Waals surface area contributed by atoms with E-state index in [1.807, 2.05) is 35.5 Å². The zero-order chi connectivity index (χ0) is 22.2. The molecule has 2 aromatic heterocycles. The van der Waals surface area contributed by atoms with Crippen LogP contribution in [-0.2, 0) is 6.42 Å². The molecule has 6 rings (SSSR count). The first kappa shape index (κ1) is 20.1. The predicted octanol–water partition coefficient (Wildman–Crippen LogP) is 4.28. The molecule has 1 atom stereocenters. The van der Waals surface area contributed by atoms with Crippen LogP contribution in [0.15, 0.2) is 73.1 Å². The van der Waals surface area contributed by atoms with E-state index in [0.29, 0.717) is 5.69 Å². The molecular weight excluding hydrogens is 410 g/mol. The fourth-order valence-electron chi connectivity index (χ4n) is 5.46. The van der Waals surface area contributed by atoms with Crippen molar-refractivity contribution in [3.63, 3.8) is 0 Å². The smallest absolute Gasteiger partial charge is 0.274 e. The molecule has 1 unspecified atom stereocenters. The largest absolute Gasteiger partial charge is 0.368 e. The highest BCUT2D eigenvalue weighted by molar-refractivity contribution is 6.06. The van der Waals surface area contributed by atoms with Crippen molar-refractivity contribution in [2.45, 2.75) is 18.9 Å². The molecule has 1 saturated heterocycles. The summed E-state index contributed by atoms with van der Waals surface area (Å²) in [4.78, 5) is 27.0. The number of rotatable bonds is 4. The van der Waals surface area contributed by atoms with E-state index in [-0.39, 0.29) is 11.9 Å². The van der Waals surface area contributed by atoms with Crippen molar-refractivity contribution in [2.24, 2.45) is 0 Å². The van der Waals surface area contributed by atoms with Crippen LogP contribution in [0.3, 0.4) is 0 Å². The van der Waals surface area contributed by atoms with Gasteiger partial charge in [-0.1, -0.05) is 24.3 Å². The lowest BCUT2D eigenvalue weighted by molar-refractivity contribution is 0.0958. The molecule has 168 valence electrons. The fourth-order valence-corrected chi connectivity index (χ4v) is 5.46. The Hall–Kier alpha value is -3.51. The van der Waals surface area contributed by atoms with Gasteiger partial charge in [0.2, 0.25) is 0 Å². The van der Waals surface area contributed by atoms with Gasteiger partial charge in [-0.3, -0.25) is 9.69 Å². The first-order valence-corrected chi connectivity index (χ1v) is 11.9. The third-order valence-electron chi connectivity index (χ3n) is 7.16. The van der Waals surface area contributed by atoms with Gasteiger partial charge in [-0.05, 0) is 54.8 Å². The van der Waals surface area contributed by atoms with Crippen molar-refractivity contribution < 1.29 is 4.79 Å². The lowest BCUT2D eigenvalue weighted by Crippen LogP contribution is -2.54. The molecule has 1 fully saturated rings. The van der Waals surface area contributed by atoms with Crippen molar-refractivity contribution in [3.05, 3.63) is 84.3 Å². The molecule has 2 N–H and O–H groups in total. The molecule has 0 bridgehead atoms. The number of nitrogens with one attached hydrogen (secondary N) is 2. The van der Waals surface area contributed by atoms with Gasteiger partial charge in [0, 0.05) is 67.4 Å². The number of piperazine rings is 1. The zero-order valence-corrected chi connectivity index (χ0v) is 18.7. The van der Waals surface area contributed by atoms with Crippen LogP contribution in [0.1, 0.15) is 22.5 Å². The standard InChI is InChI=1S/C27H29N5O/c33-27(24-7-4-13-28-24)32-21(11-10-20-5-1-2-8-25(20)32)19-30-15-17-31(18-16-30)26-9-3-6-23-22(26)12-14-29-23/h1-9,12-14,21,28-29H,10-11,15-19H2. The Morgan fingerprint density at radius 3 is 2.55 bits per heavy atom. The highest BCUT2D eigenvalue weighted by Crippen LogP contribution is 2.33. The number of aryl methyl sites for hydroxylation is 1. The minimum absolute atomic E-state index is 0.0647. The molecule has 6 heteroatoms. The maximum Gasteiger partial charge on any atom is 0.274 e. The number of benzene rings is 2. The van der Waals surface area contributed by atoms with Gasteiger partial charge in [0.15, 0.2) is 0 Å². The Kier molecular flexibility index (Phi) is 5.15. The molecule has 4 aromatic rings. The third-order valence-corrected chi connectivity index (χ3v) is 7.16. The molecule has 0 aliphatic carbocycles. The number of nitrogens with zero attached hydrogens (tertiary/aromatic N) is 3. The van der Waals surface area contributed by atoms with Gasteiger partial charge in [0.1, 0.15) is 5.69 Å². The average Bonchev–Trinajstić information content (AvgIpc) is 3.56. The number of aromatic amines is 2. The monoisotopic (exact) mass is 439 g/mol. The zero-order valence-electron chi connectivity index (χ0n) is 18.7. The molecule has 2 aliphatic rings. The van der Waals surface area contributed by atoms with Crippen molar-refractivity contribution in [3.8, 4) is 0 Å². The van der Waals surface area contributed by atoms with Gasteiger partial charge in [-0.15, -0.1) is 0 Å². The molecule has 0 saturated carbocycles. The van der Waals surface area contributed by atoms with Gasteiger partial charge in [0.05, 0.1) is 6.04 Å². The highest BCUT2D eigenvalue weighted by Gasteiger charge is 2.33. The van der Waals surface area contributed by atoms with E-state index in [1.165, 1.54) is 22.2 Å². The second-order valence-electron chi connectivity index (χ2n) is 9.08. The van der Waals surface area contributed by atoms with Crippen LogP contribution in [0.5, 0.6) is 0 Å². The quantitative estimate of drug-likeness (QED) is 0.499. The normalized spacial score (nSPS) is 19.1. The minimum atomic E-state index is 0.0647. The van der Waals surface area contributed by atoms with Crippen LogP contribution < -0.4 is 9.80 Å². The molecule has 1 amide bonds. The number of fused-ring (bicyclic) bond motifs is 2. The molecule has 33 heavy (non-hydrogen) atoms. The molecule has 2 aliphatic heterocycles. The SMILES string of the molecule is O=C(c1ccc[nH]1)N1c2ccccc2CCC1CN1CCN(c2cccc3[nH]ccc23)CC1. The van der Waals surface area contributed by atoms with Gasteiger partial charge in [-0.25, -0.2) is 0 Å². The average molecular weight is 440 g/mol. The van der Waals surface area contributed by atoms with Gasteiger partial charge in [0.25, 0.3) is 5.91 Å². The van der Waals surface area contributed by atoms with Crippen LogP contribution in [-0.4, -0.2) is 59.5 Å². The Morgan fingerprint density at radius 1 is 0.848 bits per heavy atom. The number of amides is 1. The van der Waals surface area contributed by atoms with Crippen molar-refractivity contribution in [2.75, 3.05) is 42.5 Å². The van der Waals surface area contributed by atoms with Crippen LogP contribution in [0.2, 0.25) is 0 Å². The third kappa shape index (κ3) is 3.70. The number of para-hydroxylation sites is 1. The predicted molar refractivity (Wildman–Crippen MR) is 133 cm³/mol. The van der Waals surface area contributed by atoms with E-state index < -0.39 is 0 Å². The van der Waals surface area contributed by atoms with E-state index in [2.05, 4.69) is 62.2 Å². The molecular formula is C27H29N5O. The van der Waals surface area contributed by atoms with Gasteiger partial charge >= 0.3 is 0 Å². The van der Waals surface area contributed by atoms with E-state index in [1.54, 1.807) is 0 Å². The number of aromatic nitrogens is 2. The number of carbonyl (C=O) groups excluding carboxylic acids is 1. The molecule has 4 heterocycles. The topological polar surface area (TPSA) is 58.4 Å². The Labute approximate surface area is 193 Å². The second-order valence-corrected chi connectivity index (χ2v) is 9.08. The summed E-state index contributed by atoms with van der Waals surface area (Å²) in [5, 5.41) is 1.29. The summed E-state index contributed by atoms with van der Waals surface area (Å²) < 4.78 is 0. The van der Waals surface area contributed by atoms with E-state index in [9.17, 15) is 4.79 Å². The van der Waals surface area contributed by atoms with E-state index >= 15 is 0 Å². The number of anilines is 2. The maximum atomic E-state index is 13.5. The number of hydrogen-bond acceptors (Lipinski definition) is 3. The minimum Gasteiger partial charge on any atom is -0.368 e. The number of H-pyrrole nitrogens is 2. The molecule has 6 nitrogen and oxygen atoms in total. The number of carbonyl (C=O) groups is 1. The summed E-state index contributed by atoms with van der Waals surface area (Å²) in [6.45, 7) is 4.91.